The first-order valence-corrected chi connectivity index (χ1v) is 6.76. The Bertz CT molecular complexity index is 509. The van der Waals surface area contributed by atoms with Crippen LogP contribution in [0.15, 0.2) is 22.6 Å². The molecule has 1 aliphatic carbocycles. The number of benzene rings is 1. The van der Waals surface area contributed by atoms with Crippen LogP contribution in [0.3, 0.4) is 0 Å². The highest BCUT2D eigenvalue weighted by atomic mass is 16.3. The summed E-state index contributed by atoms with van der Waals surface area (Å²) in [4.78, 5) is 4.68. The summed E-state index contributed by atoms with van der Waals surface area (Å²) < 4.78 is 5.90. The molecule has 2 heteroatoms. The predicted molar refractivity (Wildman–Crippen MR) is 69.2 cm³/mol. The molecule has 90 valence electrons. The second kappa shape index (κ2) is 4.52. The van der Waals surface area contributed by atoms with Crippen LogP contribution in [0.4, 0.5) is 0 Å². The molecular weight excluding hydrogens is 210 g/mol. The topological polar surface area (TPSA) is 26.0 Å². The lowest BCUT2D eigenvalue weighted by Crippen LogP contribution is -2.04. The van der Waals surface area contributed by atoms with Crippen LogP contribution in [-0.4, -0.2) is 4.98 Å². The van der Waals surface area contributed by atoms with Crippen molar-refractivity contribution in [2.75, 3.05) is 0 Å². The lowest BCUT2D eigenvalue weighted by molar-refractivity contribution is 0.373. The predicted octanol–water partition coefficient (Wildman–Crippen LogP) is 4.44. The van der Waals surface area contributed by atoms with Gasteiger partial charge in [-0.25, -0.2) is 4.98 Å². The number of oxazole rings is 1. The van der Waals surface area contributed by atoms with Crippen LogP contribution < -0.4 is 0 Å². The van der Waals surface area contributed by atoms with E-state index in [-0.39, 0.29) is 0 Å². The van der Waals surface area contributed by atoms with Gasteiger partial charge in [-0.1, -0.05) is 32.3 Å². The molecular formula is C15H19NO. The van der Waals surface area contributed by atoms with E-state index >= 15 is 0 Å². The highest BCUT2D eigenvalue weighted by molar-refractivity contribution is 5.73. The van der Waals surface area contributed by atoms with Gasteiger partial charge < -0.3 is 4.42 Å². The van der Waals surface area contributed by atoms with Gasteiger partial charge in [0, 0.05) is 5.92 Å². The van der Waals surface area contributed by atoms with Crippen molar-refractivity contribution in [2.45, 2.75) is 51.4 Å². The molecule has 0 saturated heterocycles. The van der Waals surface area contributed by atoms with Gasteiger partial charge in [0.1, 0.15) is 5.52 Å². The maximum absolute atomic E-state index is 5.90. The molecule has 0 amide bonds. The molecule has 0 atom stereocenters. The molecule has 1 aliphatic rings. The molecule has 1 fully saturated rings. The third-order valence-electron chi connectivity index (χ3n) is 3.83. The number of hydrogen-bond donors (Lipinski definition) is 0. The molecule has 17 heavy (non-hydrogen) atoms. The summed E-state index contributed by atoms with van der Waals surface area (Å²) in [5.41, 5.74) is 3.31. The van der Waals surface area contributed by atoms with Crippen molar-refractivity contribution in [3.05, 3.63) is 29.7 Å². The molecule has 3 rings (SSSR count). The summed E-state index contributed by atoms with van der Waals surface area (Å²) in [6, 6.07) is 6.36. The highest BCUT2D eigenvalue weighted by Gasteiger charge is 2.20. The van der Waals surface area contributed by atoms with E-state index in [0.717, 1.165) is 23.4 Å². The van der Waals surface area contributed by atoms with Crippen molar-refractivity contribution in [1.82, 2.24) is 4.98 Å². The van der Waals surface area contributed by atoms with Crippen molar-refractivity contribution in [2.24, 2.45) is 0 Å². The summed E-state index contributed by atoms with van der Waals surface area (Å²) >= 11 is 0. The van der Waals surface area contributed by atoms with E-state index in [0.29, 0.717) is 5.92 Å². The molecule has 2 nitrogen and oxygen atoms in total. The van der Waals surface area contributed by atoms with Gasteiger partial charge in [0.25, 0.3) is 0 Å². The Labute approximate surface area is 102 Å². The number of hydrogen-bond acceptors (Lipinski definition) is 2. The molecule has 1 heterocycles. The van der Waals surface area contributed by atoms with Crippen LogP contribution in [0.5, 0.6) is 0 Å². The first-order valence-electron chi connectivity index (χ1n) is 6.76. The van der Waals surface area contributed by atoms with Gasteiger partial charge in [0.2, 0.25) is 0 Å². The van der Waals surface area contributed by atoms with Gasteiger partial charge in [-0.05, 0) is 37.0 Å². The third kappa shape index (κ3) is 2.08. The second-order valence-electron chi connectivity index (χ2n) is 5.04. The average molecular weight is 229 g/mol. The third-order valence-corrected chi connectivity index (χ3v) is 3.83. The molecule has 1 aromatic carbocycles. The number of aromatic nitrogens is 1. The number of fused-ring (bicyclic) bond motifs is 1. The normalized spacial score (nSPS) is 17.7. The maximum atomic E-state index is 5.90. The van der Waals surface area contributed by atoms with Crippen LogP contribution in [0.1, 0.15) is 56.4 Å². The summed E-state index contributed by atoms with van der Waals surface area (Å²) in [6.45, 7) is 2.17. The van der Waals surface area contributed by atoms with E-state index in [4.69, 9.17) is 4.42 Å². The minimum absolute atomic E-state index is 0.557. The van der Waals surface area contributed by atoms with Crippen LogP contribution in [0, 0.1) is 0 Å². The number of rotatable bonds is 2. The fraction of sp³-hybridized carbons (Fsp3) is 0.533. The van der Waals surface area contributed by atoms with Crippen LogP contribution in [0.25, 0.3) is 11.1 Å². The van der Waals surface area contributed by atoms with Crippen molar-refractivity contribution in [1.29, 1.82) is 0 Å². The fourth-order valence-corrected chi connectivity index (χ4v) is 2.73. The monoisotopic (exact) mass is 229 g/mol. The van der Waals surface area contributed by atoms with E-state index in [1.54, 1.807) is 0 Å². The van der Waals surface area contributed by atoms with Crippen molar-refractivity contribution >= 4 is 11.1 Å². The molecule has 0 bridgehead atoms. The Morgan fingerprint density at radius 1 is 1.24 bits per heavy atom. The summed E-state index contributed by atoms with van der Waals surface area (Å²) in [5, 5.41) is 0. The minimum Gasteiger partial charge on any atom is -0.440 e. The van der Waals surface area contributed by atoms with Crippen molar-refractivity contribution in [3.63, 3.8) is 0 Å². The van der Waals surface area contributed by atoms with Crippen molar-refractivity contribution < 1.29 is 4.42 Å². The Kier molecular flexibility index (Phi) is 2.87. The van der Waals surface area contributed by atoms with Crippen molar-refractivity contribution in [3.8, 4) is 0 Å². The van der Waals surface area contributed by atoms with Crippen LogP contribution in [-0.2, 0) is 6.42 Å². The zero-order chi connectivity index (χ0) is 11.7. The lowest BCUT2D eigenvalue weighted by atomic mass is 9.89. The molecule has 0 radical (unpaired) electrons. The molecule has 1 saturated carbocycles. The van der Waals surface area contributed by atoms with Gasteiger partial charge in [0.15, 0.2) is 11.5 Å². The minimum atomic E-state index is 0.557. The largest absolute Gasteiger partial charge is 0.440 e. The summed E-state index contributed by atoms with van der Waals surface area (Å²) in [7, 11) is 0. The first kappa shape index (κ1) is 10.8. The Morgan fingerprint density at radius 3 is 2.82 bits per heavy atom. The standard InChI is InChI=1S/C15H19NO/c1-2-11-8-9-14-13(10-11)16-15(17-14)12-6-4-3-5-7-12/h8-10,12H,2-7H2,1H3. The summed E-state index contributed by atoms with van der Waals surface area (Å²) in [6.07, 6.45) is 7.56. The van der Waals surface area contributed by atoms with E-state index in [1.807, 2.05) is 0 Å². The van der Waals surface area contributed by atoms with E-state index in [1.165, 1.54) is 37.7 Å². The quantitative estimate of drug-likeness (QED) is 0.761. The van der Waals surface area contributed by atoms with Gasteiger partial charge in [0.05, 0.1) is 0 Å². The van der Waals surface area contributed by atoms with Gasteiger partial charge in [-0.15, -0.1) is 0 Å². The Balaban J connectivity index is 1.95. The smallest absolute Gasteiger partial charge is 0.198 e. The van der Waals surface area contributed by atoms with Gasteiger partial charge >= 0.3 is 0 Å². The Morgan fingerprint density at radius 2 is 2.06 bits per heavy atom. The molecule has 0 spiro atoms. The maximum Gasteiger partial charge on any atom is 0.198 e. The van der Waals surface area contributed by atoms with E-state index in [2.05, 4.69) is 30.1 Å². The zero-order valence-electron chi connectivity index (χ0n) is 10.4. The van der Waals surface area contributed by atoms with Gasteiger partial charge in [-0.2, -0.15) is 0 Å². The first-order chi connectivity index (χ1) is 8.36. The molecule has 0 N–H and O–H groups in total. The van der Waals surface area contributed by atoms with Crippen LogP contribution in [0.2, 0.25) is 0 Å². The lowest BCUT2D eigenvalue weighted by Gasteiger charge is -2.17. The molecule has 2 aromatic rings. The second-order valence-corrected chi connectivity index (χ2v) is 5.04. The van der Waals surface area contributed by atoms with E-state index < -0.39 is 0 Å². The molecule has 0 aliphatic heterocycles. The number of nitrogens with zero attached hydrogens (tertiary/aromatic N) is 1. The Hall–Kier alpha value is -1.31. The SMILES string of the molecule is CCc1ccc2oc(C3CCCCC3)nc2c1. The molecule has 0 unspecified atom stereocenters. The number of aryl methyl sites for hydroxylation is 1. The molecule has 1 aromatic heterocycles. The zero-order valence-corrected chi connectivity index (χ0v) is 10.4. The average Bonchev–Trinajstić information content (AvgIpc) is 2.82. The highest BCUT2D eigenvalue weighted by Crippen LogP contribution is 2.33. The summed E-state index contributed by atoms with van der Waals surface area (Å²) in [5.74, 6) is 1.52. The fourth-order valence-electron chi connectivity index (χ4n) is 2.73. The van der Waals surface area contributed by atoms with Gasteiger partial charge in [-0.3, -0.25) is 0 Å². The van der Waals surface area contributed by atoms with Crippen LogP contribution >= 0.6 is 0 Å². The van der Waals surface area contributed by atoms with E-state index in [9.17, 15) is 0 Å².